The van der Waals surface area contributed by atoms with Gasteiger partial charge in [0.2, 0.25) is 0 Å². The number of carbonyl (C=O) groups excluding carboxylic acids is 1. The molecule has 2 unspecified atom stereocenters. The third-order valence-electron chi connectivity index (χ3n) is 2.03. The number of nitrogens with two attached hydrogens (primary N) is 1. The summed E-state index contributed by atoms with van der Waals surface area (Å²) >= 11 is 0. The zero-order chi connectivity index (χ0) is 12.0. The van der Waals surface area contributed by atoms with E-state index in [0.29, 0.717) is 0 Å². The van der Waals surface area contributed by atoms with E-state index >= 15 is 0 Å². The fourth-order valence-electron chi connectivity index (χ4n) is 1.30. The van der Waals surface area contributed by atoms with Gasteiger partial charge in [0.25, 0.3) is 0 Å². The van der Waals surface area contributed by atoms with E-state index in [0.717, 1.165) is 5.56 Å². The predicted octanol–water partition coefficient (Wildman–Crippen LogP) is 0.577. The first-order chi connectivity index (χ1) is 7.63. The zero-order valence-corrected chi connectivity index (χ0v) is 8.54. The molecule has 84 valence electrons. The number of benzene rings is 1. The standard InChI is InChI=1S/C11H12N2O3/c12-7-9(14)10(16-11(13)15)6-8-4-2-1-3-5-8/h1-5,9-10,14H,6H2,(H2,13,15). The Bertz CT molecular complexity index is 386. The van der Waals surface area contributed by atoms with Gasteiger partial charge in [-0.25, -0.2) is 4.79 Å². The topological polar surface area (TPSA) is 96.3 Å². The number of primary amides is 1. The summed E-state index contributed by atoms with van der Waals surface area (Å²) in [5.74, 6) is 0. The van der Waals surface area contributed by atoms with Gasteiger partial charge < -0.3 is 15.6 Å². The Morgan fingerprint density at radius 3 is 2.62 bits per heavy atom. The maximum atomic E-state index is 10.6. The van der Waals surface area contributed by atoms with Crippen LogP contribution in [0.1, 0.15) is 5.56 Å². The molecular weight excluding hydrogens is 208 g/mol. The van der Waals surface area contributed by atoms with E-state index in [9.17, 15) is 9.90 Å². The monoisotopic (exact) mass is 220 g/mol. The van der Waals surface area contributed by atoms with Gasteiger partial charge >= 0.3 is 6.09 Å². The fourth-order valence-corrected chi connectivity index (χ4v) is 1.30. The average Bonchev–Trinajstić information content (AvgIpc) is 2.28. The Balaban J connectivity index is 2.71. The van der Waals surface area contributed by atoms with Crippen molar-refractivity contribution in [3.8, 4) is 6.07 Å². The van der Waals surface area contributed by atoms with E-state index in [1.165, 1.54) is 0 Å². The number of aliphatic hydroxyl groups is 1. The highest BCUT2D eigenvalue weighted by Gasteiger charge is 2.22. The quantitative estimate of drug-likeness (QED) is 0.725. The molecule has 1 aromatic carbocycles. The number of hydrogen-bond acceptors (Lipinski definition) is 4. The molecule has 1 aromatic rings. The molecule has 1 rings (SSSR count). The summed E-state index contributed by atoms with van der Waals surface area (Å²) < 4.78 is 4.67. The van der Waals surface area contributed by atoms with Crippen molar-refractivity contribution >= 4 is 6.09 Å². The van der Waals surface area contributed by atoms with Gasteiger partial charge in [0.1, 0.15) is 6.10 Å². The third kappa shape index (κ3) is 3.59. The Morgan fingerprint density at radius 2 is 2.12 bits per heavy atom. The molecule has 0 bridgehead atoms. The molecular formula is C11H12N2O3. The van der Waals surface area contributed by atoms with Crippen LogP contribution >= 0.6 is 0 Å². The van der Waals surface area contributed by atoms with Crippen LogP contribution < -0.4 is 5.73 Å². The lowest BCUT2D eigenvalue weighted by molar-refractivity contribution is 0.0336. The summed E-state index contributed by atoms with van der Waals surface area (Å²) in [7, 11) is 0. The van der Waals surface area contributed by atoms with E-state index in [-0.39, 0.29) is 6.42 Å². The van der Waals surface area contributed by atoms with Crippen molar-refractivity contribution in [2.45, 2.75) is 18.6 Å². The minimum atomic E-state index is -1.38. The van der Waals surface area contributed by atoms with Crippen molar-refractivity contribution in [2.24, 2.45) is 5.73 Å². The van der Waals surface area contributed by atoms with Gasteiger partial charge in [-0.05, 0) is 5.56 Å². The van der Waals surface area contributed by atoms with Crippen molar-refractivity contribution in [2.75, 3.05) is 0 Å². The number of hydrogen-bond donors (Lipinski definition) is 2. The molecule has 0 aliphatic carbocycles. The molecule has 5 nitrogen and oxygen atoms in total. The molecule has 2 atom stereocenters. The predicted molar refractivity (Wildman–Crippen MR) is 56.2 cm³/mol. The summed E-state index contributed by atoms with van der Waals surface area (Å²) in [6.07, 6.45) is -3.08. The van der Waals surface area contributed by atoms with Crippen LogP contribution in [-0.2, 0) is 11.2 Å². The Labute approximate surface area is 93.1 Å². The molecule has 0 fully saturated rings. The second kappa shape index (κ2) is 5.73. The van der Waals surface area contributed by atoms with Crippen LogP contribution in [0.4, 0.5) is 4.79 Å². The number of carbonyl (C=O) groups is 1. The van der Waals surface area contributed by atoms with Crippen LogP contribution in [0.3, 0.4) is 0 Å². The zero-order valence-electron chi connectivity index (χ0n) is 8.54. The van der Waals surface area contributed by atoms with Gasteiger partial charge in [-0.2, -0.15) is 5.26 Å². The minimum absolute atomic E-state index is 0.249. The number of ether oxygens (including phenoxy) is 1. The van der Waals surface area contributed by atoms with E-state index in [1.807, 2.05) is 18.2 Å². The van der Waals surface area contributed by atoms with Crippen LogP contribution in [-0.4, -0.2) is 23.4 Å². The molecule has 0 saturated heterocycles. The highest BCUT2D eigenvalue weighted by atomic mass is 16.6. The van der Waals surface area contributed by atoms with Crippen molar-refractivity contribution in [3.05, 3.63) is 35.9 Å². The third-order valence-corrected chi connectivity index (χ3v) is 2.03. The highest BCUT2D eigenvalue weighted by molar-refractivity contribution is 5.65. The first kappa shape index (κ1) is 12.0. The molecule has 0 heterocycles. The number of amides is 1. The van der Waals surface area contributed by atoms with Gasteiger partial charge in [0.15, 0.2) is 6.10 Å². The lowest BCUT2D eigenvalue weighted by Crippen LogP contribution is -2.34. The van der Waals surface area contributed by atoms with E-state index in [1.54, 1.807) is 18.2 Å². The smallest absolute Gasteiger partial charge is 0.404 e. The second-order valence-electron chi connectivity index (χ2n) is 3.24. The van der Waals surface area contributed by atoms with Crippen LogP contribution in [0, 0.1) is 11.3 Å². The molecule has 0 aliphatic rings. The summed E-state index contributed by atoms with van der Waals surface area (Å²) in [6.45, 7) is 0. The number of rotatable bonds is 4. The minimum Gasteiger partial charge on any atom is -0.442 e. The summed E-state index contributed by atoms with van der Waals surface area (Å²) in [5.41, 5.74) is 5.71. The van der Waals surface area contributed by atoms with Crippen LogP contribution in [0.5, 0.6) is 0 Å². The largest absolute Gasteiger partial charge is 0.442 e. The highest BCUT2D eigenvalue weighted by Crippen LogP contribution is 2.09. The SMILES string of the molecule is N#CC(O)C(Cc1ccccc1)OC(N)=O. The summed E-state index contributed by atoms with van der Waals surface area (Å²) in [5, 5.41) is 17.9. The lowest BCUT2D eigenvalue weighted by atomic mass is 10.0. The lowest BCUT2D eigenvalue weighted by Gasteiger charge is -2.17. The fraction of sp³-hybridized carbons (Fsp3) is 0.273. The normalized spacial score (nSPS) is 13.5. The van der Waals surface area contributed by atoms with Crippen molar-refractivity contribution < 1.29 is 14.6 Å². The van der Waals surface area contributed by atoms with Crippen molar-refractivity contribution in [3.63, 3.8) is 0 Å². The second-order valence-corrected chi connectivity index (χ2v) is 3.24. The van der Waals surface area contributed by atoms with Gasteiger partial charge in [-0.1, -0.05) is 30.3 Å². The molecule has 1 amide bonds. The maximum Gasteiger partial charge on any atom is 0.404 e. The first-order valence-electron chi connectivity index (χ1n) is 4.71. The van der Waals surface area contributed by atoms with Crippen LogP contribution in [0.2, 0.25) is 0 Å². The molecule has 0 aliphatic heterocycles. The van der Waals surface area contributed by atoms with E-state index < -0.39 is 18.3 Å². The van der Waals surface area contributed by atoms with Crippen LogP contribution in [0.25, 0.3) is 0 Å². The molecule has 0 radical (unpaired) electrons. The molecule has 0 aromatic heterocycles. The van der Waals surface area contributed by atoms with Crippen LogP contribution in [0.15, 0.2) is 30.3 Å². The van der Waals surface area contributed by atoms with Crippen molar-refractivity contribution in [1.29, 1.82) is 5.26 Å². The Hall–Kier alpha value is -2.06. The first-order valence-corrected chi connectivity index (χ1v) is 4.71. The summed E-state index contributed by atoms with van der Waals surface area (Å²) in [6, 6.07) is 10.7. The summed E-state index contributed by atoms with van der Waals surface area (Å²) in [4.78, 5) is 10.6. The van der Waals surface area contributed by atoms with Gasteiger partial charge in [-0.3, -0.25) is 0 Å². The Kier molecular flexibility index (Phi) is 4.30. The van der Waals surface area contributed by atoms with Crippen molar-refractivity contribution in [1.82, 2.24) is 0 Å². The molecule has 16 heavy (non-hydrogen) atoms. The average molecular weight is 220 g/mol. The van der Waals surface area contributed by atoms with E-state index in [4.69, 9.17) is 11.0 Å². The Morgan fingerprint density at radius 1 is 1.50 bits per heavy atom. The van der Waals surface area contributed by atoms with Gasteiger partial charge in [0.05, 0.1) is 6.07 Å². The molecule has 3 N–H and O–H groups in total. The van der Waals surface area contributed by atoms with Gasteiger partial charge in [-0.15, -0.1) is 0 Å². The maximum absolute atomic E-state index is 10.6. The number of aliphatic hydroxyl groups excluding tert-OH is 1. The van der Waals surface area contributed by atoms with Gasteiger partial charge in [0, 0.05) is 6.42 Å². The molecule has 0 saturated carbocycles. The molecule has 0 spiro atoms. The number of nitriles is 1. The number of nitrogens with zero attached hydrogens (tertiary/aromatic N) is 1. The van der Waals surface area contributed by atoms with E-state index in [2.05, 4.69) is 4.74 Å². The molecule has 5 heteroatoms.